The molecule has 0 spiro atoms. The lowest BCUT2D eigenvalue weighted by atomic mass is 10.2. The minimum atomic E-state index is 0.0176. The van der Waals surface area contributed by atoms with Crippen molar-refractivity contribution in [1.29, 1.82) is 0 Å². The molecular weight excluding hydrogens is 214 g/mol. The third-order valence-electron chi connectivity index (χ3n) is 2.66. The second-order valence-electron chi connectivity index (χ2n) is 3.92. The molecular formula is C13H15N3O. The number of H-pyrrole nitrogens is 1. The molecule has 0 saturated heterocycles. The summed E-state index contributed by atoms with van der Waals surface area (Å²) in [6.07, 6.45) is 6.12. The number of likely N-dealkylation sites (N-methyl/N-ethyl adjacent to an activating group) is 1. The summed E-state index contributed by atoms with van der Waals surface area (Å²) in [6, 6.07) is 7.54. The second kappa shape index (κ2) is 5.30. The van der Waals surface area contributed by atoms with E-state index in [-0.39, 0.29) is 5.91 Å². The molecule has 0 radical (unpaired) electrons. The maximum absolute atomic E-state index is 11.9. The molecule has 0 bridgehead atoms. The lowest BCUT2D eigenvalue weighted by Gasteiger charge is -2.16. The Bertz CT molecular complexity index is 465. The Labute approximate surface area is 100 Å². The molecule has 0 unspecified atom stereocenters. The van der Waals surface area contributed by atoms with E-state index in [0.29, 0.717) is 12.2 Å². The molecule has 0 aliphatic heterocycles. The molecule has 0 aliphatic carbocycles. The highest BCUT2D eigenvalue weighted by atomic mass is 16.2. The minimum absolute atomic E-state index is 0.0176. The number of aromatic nitrogens is 2. The quantitative estimate of drug-likeness (QED) is 0.867. The van der Waals surface area contributed by atoms with Gasteiger partial charge in [-0.2, -0.15) is 0 Å². The molecule has 4 heteroatoms. The molecule has 0 aromatic carbocycles. The van der Waals surface area contributed by atoms with E-state index in [0.717, 1.165) is 6.42 Å². The van der Waals surface area contributed by atoms with Gasteiger partial charge in [0.25, 0.3) is 5.91 Å². The summed E-state index contributed by atoms with van der Waals surface area (Å²) >= 11 is 0. The van der Waals surface area contributed by atoms with Crippen LogP contribution in [0.1, 0.15) is 16.1 Å². The van der Waals surface area contributed by atoms with E-state index in [1.54, 1.807) is 29.6 Å². The van der Waals surface area contributed by atoms with Gasteiger partial charge in [0.2, 0.25) is 0 Å². The maximum Gasteiger partial charge on any atom is 0.270 e. The van der Waals surface area contributed by atoms with E-state index >= 15 is 0 Å². The minimum Gasteiger partial charge on any atom is -0.357 e. The molecule has 1 amide bonds. The summed E-state index contributed by atoms with van der Waals surface area (Å²) in [4.78, 5) is 20.5. The molecule has 2 heterocycles. The summed E-state index contributed by atoms with van der Waals surface area (Å²) in [5, 5.41) is 0. The topological polar surface area (TPSA) is 49.0 Å². The molecule has 17 heavy (non-hydrogen) atoms. The molecule has 0 saturated carbocycles. The summed E-state index contributed by atoms with van der Waals surface area (Å²) < 4.78 is 0. The van der Waals surface area contributed by atoms with Crippen LogP contribution in [0.4, 0.5) is 0 Å². The zero-order chi connectivity index (χ0) is 12.1. The average Bonchev–Trinajstić information content (AvgIpc) is 2.90. The van der Waals surface area contributed by atoms with Crippen LogP contribution in [0.5, 0.6) is 0 Å². The zero-order valence-electron chi connectivity index (χ0n) is 9.76. The highest BCUT2D eigenvalue weighted by Gasteiger charge is 2.11. The molecule has 0 atom stereocenters. The van der Waals surface area contributed by atoms with Gasteiger partial charge in [-0.15, -0.1) is 0 Å². The second-order valence-corrected chi connectivity index (χ2v) is 3.92. The Balaban J connectivity index is 1.90. The number of amides is 1. The molecule has 0 fully saturated rings. The summed E-state index contributed by atoms with van der Waals surface area (Å²) in [5.74, 6) is 0.0176. The van der Waals surface area contributed by atoms with Crippen LogP contribution in [0.2, 0.25) is 0 Å². The SMILES string of the molecule is CN(CCc1ccncc1)C(=O)c1ccc[nH]1. The van der Waals surface area contributed by atoms with Crippen molar-refractivity contribution >= 4 is 5.91 Å². The van der Waals surface area contributed by atoms with Crippen molar-refractivity contribution in [2.24, 2.45) is 0 Å². The number of rotatable bonds is 4. The number of pyridine rings is 1. The van der Waals surface area contributed by atoms with Crippen LogP contribution in [0, 0.1) is 0 Å². The van der Waals surface area contributed by atoms with E-state index in [1.807, 2.05) is 25.2 Å². The van der Waals surface area contributed by atoms with Crippen molar-refractivity contribution in [3.05, 3.63) is 54.1 Å². The van der Waals surface area contributed by atoms with Crippen molar-refractivity contribution in [3.8, 4) is 0 Å². The van der Waals surface area contributed by atoms with Gasteiger partial charge in [0.05, 0.1) is 0 Å². The Hall–Kier alpha value is -2.10. The molecule has 2 aromatic rings. The van der Waals surface area contributed by atoms with E-state index in [4.69, 9.17) is 0 Å². The van der Waals surface area contributed by atoms with Crippen LogP contribution in [0.3, 0.4) is 0 Å². The van der Waals surface area contributed by atoms with Crippen molar-refractivity contribution in [2.75, 3.05) is 13.6 Å². The number of nitrogens with one attached hydrogen (secondary N) is 1. The van der Waals surface area contributed by atoms with Crippen molar-refractivity contribution < 1.29 is 4.79 Å². The largest absolute Gasteiger partial charge is 0.357 e. The van der Waals surface area contributed by atoms with Gasteiger partial charge >= 0.3 is 0 Å². The van der Waals surface area contributed by atoms with Crippen LogP contribution in [-0.4, -0.2) is 34.4 Å². The molecule has 4 nitrogen and oxygen atoms in total. The Morgan fingerprint density at radius 2 is 2.12 bits per heavy atom. The average molecular weight is 229 g/mol. The van der Waals surface area contributed by atoms with Gasteiger partial charge in [0, 0.05) is 32.2 Å². The Kier molecular flexibility index (Phi) is 3.55. The third kappa shape index (κ3) is 2.93. The molecule has 2 rings (SSSR count). The standard InChI is InChI=1S/C13H15N3O/c1-16(13(17)12-3-2-7-15-12)10-6-11-4-8-14-9-5-11/h2-5,7-9,15H,6,10H2,1H3. The number of nitrogens with zero attached hydrogens (tertiary/aromatic N) is 2. The number of hydrogen-bond donors (Lipinski definition) is 1. The van der Waals surface area contributed by atoms with Crippen LogP contribution >= 0.6 is 0 Å². The summed E-state index contributed by atoms with van der Waals surface area (Å²) in [6.45, 7) is 0.696. The van der Waals surface area contributed by atoms with Crippen molar-refractivity contribution in [3.63, 3.8) is 0 Å². The lowest BCUT2D eigenvalue weighted by Crippen LogP contribution is -2.29. The van der Waals surface area contributed by atoms with Crippen LogP contribution in [-0.2, 0) is 6.42 Å². The van der Waals surface area contributed by atoms with Gasteiger partial charge in [-0.1, -0.05) is 0 Å². The Morgan fingerprint density at radius 3 is 2.76 bits per heavy atom. The molecule has 2 aromatic heterocycles. The number of aromatic amines is 1. The number of carbonyl (C=O) groups excluding carboxylic acids is 1. The fraction of sp³-hybridized carbons (Fsp3) is 0.231. The maximum atomic E-state index is 11.9. The number of hydrogen-bond acceptors (Lipinski definition) is 2. The Morgan fingerprint density at radius 1 is 1.35 bits per heavy atom. The molecule has 0 aliphatic rings. The third-order valence-corrected chi connectivity index (χ3v) is 2.66. The predicted molar refractivity (Wildman–Crippen MR) is 65.7 cm³/mol. The van der Waals surface area contributed by atoms with Gasteiger partial charge in [0.1, 0.15) is 5.69 Å². The first-order valence-corrected chi connectivity index (χ1v) is 5.55. The van der Waals surface area contributed by atoms with Crippen molar-refractivity contribution in [1.82, 2.24) is 14.9 Å². The molecule has 88 valence electrons. The van der Waals surface area contributed by atoms with Crippen LogP contribution in [0.15, 0.2) is 42.9 Å². The smallest absolute Gasteiger partial charge is 0.270 e. The highest BCUT2D eigenvalue weighted by Crippen LogP contribution is 2.03. The summed E-state index contributed by atoms with van der Waals surface area (Å²) in [5.41, 5.74) is 1.81. The van der Waals surface area contributed by atoms with Crippen LogP contribution < -0.4 is 0 Å². The zero-order valence-corrected chi connectivity index (χ0v) is 9.76. The normalized spacial score (nSPS) is 10.2. The van der Waals surface area contributed by atoms with Gasteiger partial charge in [-0.05, 0) is 36.2 Å². The first-order chi connectivity index (χ1) is 8.27. The first kappa shape index (κ1) is 11.4. The highest BCUT2D eigenvalue weighted by molar-refractivity contribution is 5.92. The van der Waals surface area contributed by atoms with E-state index in [9.17, 15) is 4.79 Å². The molecule has 1 N–H and O–H groups in total. The summed E-state index contributed by atoms with van der Waals surface area (Å²) in [7, 11) is 1.81. The van der Waals surface area contributed by atoms with Gasteiger partial charge in [0.15, 0.2) is 0 Å². The van der Waals surface area contributed by atoms with E-state index < -0.39 is 0 Å². The number of carbonyl (C=O) groups is 1. The van der Waals surface area contributed by atoms with Crippen LogP contribution in [0.25, 0.3) is 0 Å². The lowest BCUT2D eigenvalue weighted by molar-refractivity contribution is 0.0791. The van der Waals surface area contributed by atoms with E-state index in [2.05, 4.69) is 9.97 Å². The van der Waals surface area contributed by atoms with Gasteiger partial charge in [-0.25, -0.2) is 0 Å². The first-order valence-electron chi connectivity index (χ1n) is 5.55. The van der Waals surface area contributed by atoms with Gasteiger partial charge < -0.3 is 9.88 Å². The van der Waals surface area contributed by atoms with E-state index in [1.165, 1.54) is 5.56 Å². The monoisotopic (exact) mass is 229 g/mol. The predicted octanol–water partition coefficient (Wildman–Crippen LogP) is 1.72. The van der Waals surface area contributed by atoms with Crippen molar-refractivity contribution in [2.45, 2.75) is 6.42 Å². The van der Waals surface area contributed by atoms with Gasteiger partial charge in [-0.3, -0.25) is 9.78 Å². The fourth-order valence-electron chi connectivity index (χ4n) is 1.62. The fourth-order valence-corrected chi connectivity index (χ4v) is 1.62.